The number of nitrogens with two attached hydrogens (primary N) is 1. The summed E-state index contributed by atoms with van der Waals surface area (Å²) >= 11 is 0. The first-order valence-electron chi connectivity index (χ1n) is 8.73. The number of aromatic nitrogens is 3. The van der Waals surface area contributed by atoms with E-state index in [1.54, 1.807) is 0 Å². The summed E-state index contributed by atoms with van der Waals surface area (Å²) in [4.78, 5) is 4.73. The maximum Gasteiger partial charge on any atom is 0.141 e. The van der Waals surface area contributed by atoms with E-state index >= 15 is 0 Å². The van der Waals surface area contributed by atoms with Crippen molar-refractivity contribution < 1.29 is 4.52 Å². The lowest BCUT2D eigenvalue weighted by atomic mass is 10.0. The van der Waals surface area contributed by atoms with Crippen LogP contribution in [-0.2, 0) is 0 Å². The standard InChI is InChI=1S/C21H22N4O/c1-12-20(14(3)26-24-12)17-10-18(22)21-19(11-17)25(15(4)23-21)13(2)16-8-6-5-7-9-16/h5-11,13H,22H2,1-4H3/t13-/m1/s1. The van der Waals surface area contributed by atoms with Crippen LogP contribution in [0.15, 0.2) is 47.0 Å². The van der Waals surface area contributed by atoms with Crippen LogP contribution in [0.1, 0.15) is 35.8 Å². The number of hydrogen-bond acceptors (Lipinski definition) is 4. The molecule has 2 N–H and O–H groups in total. The van der Waals surface area contributed by atoms with Gasteiger partial charge < -0.3 is 14.8 Å². The van der Waals surface area contributed by atoms with Crippen LogP contribution < -0.4 is 5.73 Å². The molecule has 132 valence electrons. The second kappa shape index (κ2) is 6.02. The smallest absolute Gasteiger partial charge is 0.141 e. The fraction of sp³-hybridized carbons (Fsp3) is 0.238. The number of nitrogen functional groups attached to an aromatic ring is 1. The van der Waals surface area contributed by atoms with Crippen LogP contribution in [0.4, 0.5) is 5.69 Å². The fourth-order valence-corrected chi connectivity index (χ4v) is 3.75. The zero-order chi connectivity index (χ0) is 18.4. The molecular formula is C21H22N4O. The lowest BCUT2D eigenvalue weighted by Gasteiger charge is -2.17. The molecule has 0 bridgehead atoms. The second-order valence-electron chi connectivity index (χ2n) is 6.75. The summed E-state index contributed by atoms with van der Waals surface area (Å²) in [5, 5.41) is 4.07. The Morgan fingerprint density at radius 2 is 1.81 bits per heavy atom. The highest BCUT2D eigenvalue weighted by molar-refractivity contribution is 5.93. The summed E-state index contributed by atoms with van der Waals surface area (Å²) in [5.74, 6) is 1.74. The van der Waals surface area contributed by atoms with Crippen molar-refractivity contribution in [1.29, 1.82) is 0 Å². The molecule has 0 aliphatic carbocycles. The van der Waals surface area contributed by atoms with Gasteiger partial charge in [0.05, 0.1) is 22.9 Å². The summed E-state index contributed by atoms with van der Waals surface area (Å²) in [7, 11) is 0. The predicted octanol–water partition coefficient (Wildman–Crippen LogP) is 4.81. The maximum atomic E-state index is 6.36. The molecule has 0 saturated carbocycles. The Bertz CT molecular complexity index is 1070. The zero-order valence-corrected chi connectivity index (χ0v) is 15.4. The molecule has 4 aromatic rings. The van der Waals surface area contributed by atoms with Gasteiger partial charge in [-0.15, -0.1) is 0 Å². The van der Waals surface area contributed by atoms with Gasteiger partial charge in [0.15, 0.2) is 0 Å². The van der Waals surface area contributed by atoms with Gasteiger partial charge in [-0.25, -0.2) is 4.98 Å². The number of rotatable bonds is 3. The molecule has 0 unspecified atom stereocenters. The Kier molecular flexibility index (Phi) is 3.80. The largest absolute Gasteiger partial charge is 0.397 e. The van der Waals surface area contributed by atoms with E-state index in [2.05, 4.69) is 47.0 Å². The van der Waals surface area contributed by atoms with Crippen LogP contribution in [0.3, 0.4) is 0 Å². The zero-order valence-electron chi connectivity index (χ0n) is 15.4. The van der Waals surface area contributed by atoms with Gasteiger partial charge in [0.1, 0.15) is 17.1 Å². The molecule has 0 spiro atoms. The fourth-order valence-electron chi connectivity index (χ4n) is 3.75. The van der Waals surface area contributed by atoms with Gasteiger partial charge in [0, 0.05) is 5.56 Å². The number of hydrogen-bond donors (Lipinski definition) is 1. The van der Waals surface area contributed by atoms with Crippen molar-refractivity contribution in [2.45, 2.75) is 33.7 Å². The summed E-state index contributed by atoms with van der Waals surface area (Å²) in [6, 6.07) is 14.7. The maximum absolute atomic E-state index is 6.36. The third-order valence-corrected chi connectivity index (χ3v) is 4.99. The van der Waals surface area contributed by atoms with Gasteiger partial charge in [0.2, 0.25) is 0 Å². The number of imidazole rings is 1. The van der Waals surface area contributed by atoms with Crippen LogP contribution in [0.25, 0.3) is 22.2 Å². The number of aryl methyl sites for hydroxylation is 3. The van der Waals surface area contributed by atoms with Crippen molar-refractivity contribution in [3.05, 3.63) is 65.3 Å². The van der Waals surface area contributed by atoms with Gasteiger partial charge in [-0.2, -0.15) is 0 Å². The SMILES string of the molecule is Cc1noc(C)c1-c1cc(N)c2nc(C)n([C@H](C)c3ccccc3)c2c1. The van der Waals surface area contributed by atoms with Crippen LogP contribution in [0.5, 0.6) is 0 Å². The molecule has 5 nitrogen and oxygen atoms in total. The topological polar surface area (TPSA) is 69.9 Å². The Balaban J connectivity index is 1.96. The predicted molar refractivity (Wildman–Crippen MR) is 104 cm³/mol. The van der Waals surface area contributed by atoms with Crippen LogP contribution in [0, 0.1) is 20.8 Å². The molecule has 0 amide bonds. The van der Waals surface area contributed by atoms with Crippen molar-refractivity contribution in [1.82, 2.24) is 14.7 Å². The Hall–Kier alpha value is -3.08. The van der Waals surface area contributed by atoms with Crippen LogP contribution >= 0.6 is 0 Å². The van der Waals surface area contributed by atoms with E-state index in [0.29, 0.717) is 5.69 Å². The first kappa shape index (κ1) is 16.4. The molecule has 0 radical (unpaired) electrons. The lowest BCUT2D eigenvalue weighted by molar-refractivity contribution is 0.393. The molecule has 0 aliphatic heterocycles. The van der Waals surface area contributed by atoms with E-state index < -0.39 is 0 Å². The minimum atomic E-state index is 0.153. The van der Waals surface area contributed by atoms with Gasteiger partial charge in [-0.1, -0.05) is 35.5 Å². The molecular weight excluding hydrogens is 324 g/mol. The molecule has 0 aliphatic rings. The first-order chi connectivity index (χ1) is 12.5. The molecule has 26 heavy (non-hydrogen) atoms. The third-order valence-electron chi connectivity index (χ3n) is 4.99. The third kappa shape index (κ3) is 2.47. The van der Waals surface area contributed by atoms with Gasteiger partial charge >= 0.3 is 0 Å². The molecule has 1 atom stereocenters. The van der Waals surface area contributed by atoms with E-state index in [4.69, 9.17) is 15.2 Å². The summed E-state index contributed by atoms with van der Waals surface area (Å²) in [6.45, 7) is 8.07. The quantitative estimate of drug-likeness (QED) is 0.541. The van der Waals surface area contributed by atoms with Crippen molar-refractivity contribution in [3.8, 4) is 11.1 Å². The molecule has 4 rings (SSSR count). The minimum Gasteiger partial charge on any atom is -0.397 e. The van der Waals surface area contributed by atoms with E-state index in [1.165, 1.54) is 5.56 Å². The van der Waals surface area contributed by atoms with E-state index in [1.807, 2.05) is 32.9 Å². The summed E-state index contributed by atoms with van der Waals surface area (Å²) < 4.78 is 7.58. The van der Waals surface area contributed by atoms with Crippen LogP contribution in [-0.4, -0.2) is 14.7 Å². The number of fused-ring (bicyclic) bond motifs is 1. The number of nitrogens with zero attached hydrogens (tertiary/aromatic N) is 3. The monoisotopic (exact) mass is 346 g/mol. The number of anilines is 1. The average molecular weight is 346 g/mol. The molecule has 0 fully saturated rings. The summed E-state index contributed by atoms with van der Waals surface area (Å²) in [6.07, 6.45) is 0. The van der Waals surface area contributed by atoms with Gasteiger partial charge in [0.25, 0.3) is 0 Å². The van der Waals surface area contributed by atoms with E-state index in [-0.39, 0.29) is 6.04 Å². The minimum absolute atomic E-state index is 0.153. The highest BCUT2D eigenvalue weighted by Gasteiger charge is 2.19. The normalized spacial score (nSPS) is 12.6. The van der Waals surface area contributed by atoms with Crippen molar-refractivity contribution in [2.24, 2.45) is 0 Å². The van der Waals surface area contributed by atoms with Crippen molar-refractivity contribution in [3.63, 3.8) is 0 Å². The summed E-state index contributed by atoms with van der Waals surface area (Å²) in [5.41, 5.74) is 13.0. The molecule has 5 heteroatoms. The van der Waals surface area contributed by atoms with Crippen molar-refractivity contribution in [2.75, 3.05) is 5.73 Å². The molecule has 2 aromatic carbocycles. The second-order valence-corrected chi connectivity index (χ2v) is 6.75. The molecule has 2 heterocycles. The van der Waals surface area contributed by atoms with Crippen molar-refractivity contribution >= 4 is 16.7 Å². The lowest BCUT2D eigenvalue weighted by Crippen LogP contribution is -2.08. The number of benzene rings is 2. The average Bonchev–Trinajstić information content (AvgIpc) is 3.14. The van der Waals surface area contributed by atoms with Crippen LogP contribution in [0.2, 0.25) is 0 Å². The molecule has 2 aromatic heterocycles. The highest BCUT2D eigenvalue weighted by atomic mass is 16.5. The molecule has 0 saturated heterocycles. The Morgan fingerprint density at radius 1 is 1.08 bits per heavy atom. The Morgan fingerprint density at radius 3 is 2.46 bits per heavy atom. The van der Waals surface area contributed by atoms with E-state index in [9.17, 15) is 0 Å². The Labute approximate surface area is 152 Å². The van der Waals surface area contributed by atoms with E-state index in [0.717, 1.165) is 39.4 Å². The van der Waals surface area contributed by atoms with Gasteiger partial charge in [-0.05, 0) is 51.0 Å². The first-order valence-corrected chi connectivity index (χ1v) is 8.73. The van der Waals surface area contributed by atoms with Gasteiger partial charge in [-0.3, -0.25) is 0 Å². The highest BCUT2D eigenvalue weighted by Crippen LogP contribution is 2.35.